The smallest absolute Gasteiger partial charge is 0.307 e. The Bertz CT molecular complexity index is 469. The monoisotopic (exact) mass is 217 g/mol. The third-order valence-corrected chi connectivity index (χ3v) is 4.01. The largest absolute Gasteiger partial charge is 0.481 e. The van der Waals surface area contributed by atoms with Crippen molar-refractivity contribution < 1.29 is 9.90 Å². The molecule has 0 amide bonds. The summed E-state index contributed by atoms with van der Waals surface area (Å²) in [7, 11) is 0. The van der Waals surface area contributed by atoms with Crippen LogP contribution in [0.3, 0.4) is 0 Å². The molecule has 1 saturated carbocycles. The Morgan fingerprint density at radius 3 is 3.06 bits per heavy atom. The van der Waals surface area contributed by atoms with Crippen molar-refractivity contribution in [2.75, 3.05) is 11.9 Å². The molecule has 0 aromatic heterocycles. The van der Waals surface area contributed by atoms with Gasteiger partial charge in [0.15, 0.2) is 0 Å². The molecular formula is C13H15NO2. The summed E-state index contributed by atoms with van der Waals surface area (Å²) >= 11 is 0. The summed E-state index contributed by atoms with van der Waals surface area (Å²) in [6.45, 7) is 3.05. The first-order chi connectivity index (χ1) is 7.61. The van der Waals surface area contributed by atoms with Gasteiger partial charge in [-0.2, -0.15) is 0 Å². The number of hydrogen-bond acceptors (Lipinski definition) is 2. The maximum Gasteiger partial charge on any atom is 0.307 e. The number of fused-ring (bicyclic) bond motifs is 1. The first kappa shape index (κ1) is 9.70. The minimum absolute atomic E-state index is 0.135. The highest BCUT2D eigenvalue weighted by Crippen LogP contribution is 2.54. The van der Waals surface area contributed by atoms with E-state index in [2.05, 4.69) is 30.4 Å². The quantitative estimate of drug-likeness (QED) is 0.796. The Balaban J connectivity index is 1.94. The van der Waals surface area contributed by atoms with Gasteiger partial charge in [0, 0.05) is 17.6 Å². The zero-order chi connectivity index (χ0) is 11.3. The average molecular weight is 217 g/mol. The Morgan fingerprint density at radius 2 is 2.38 bits per heavy atom. The highest BCUT2D eigenvalue weighted by Gasteiger charge is 2.56. The number of rotatable bonds is 2. The highest BCUT2D eigenvalue weighted by atomic mass is 16.4. The molecular weight excluding hydrogens is 202 g/mol. The van der Waals surface area contributed by atoms with Crippen LogP contribution in [0.2, 0.25) is 0 Å². The molecule has 2 N–H and O–H groups in total. The molecule has 0 bridgehead atoms. The molecule has 0 saturated heterocycles. The van der Waals surface area contributed by atoms with E-state index < -0.39 is 5.97 Å². The van der Waals surface area contributed by atoms with Crippen molar-refractivity contribution >= 4 is 11.7 Å². The molecule has 3 rings (SSSR count). The van der Waals surface area contributed by atoms with E-state index in [9.17, 15) is 4.79 Å². The molecule has 3 heteroatoms. The van der Waals surface area contributed by atoms with Crippen molar-refractivity contribution in [1.82, 2.24) is 0 Å². The summed E-state index contributed by atoms with van der Waals surface area (Å²) in [6.07, 6.45) is 1.82. The minimum Gasteiger partial charge on any atom is -0.481 e. The second-order valence-electron chi connectivity index (χ2n) is 5.06. The molecule has 0 radical (unpaired) electrons. The lowest BCUT2D eigenvalue weighted by atomic mass is 9.93. The minimum atomic E-state index is -0.666. The van der Waals surface area contributed by atoms with Crippen LogP contribution < -0.4 is 5.32 Å². The Morgan fingerprint density at radius 1 is 1.56 bits per heavy atom. The van der Waals surface area contributed by atoms with Crippen molar-refractivity contribution in [3.8, 4) is 0 Å². The van der Waals surface area contributed by atoms with E-state index >= 15 is 0 Å². The first-order valence-corrected chi connectivity index (χ1v) is 5.71. The Kier molecular flexibility index (Phi) is 1.82. The zero-order valence-electron chi connectivity index (χ0n) is 9.29. The lowest BCUT2D eigenvalue weighted by Crippen LogP contribution is -2.11. The molecule has 1 fully saturated rings. The predicted octanol–water partition coefficient (Wildman–Crippen LogP) is 2.02. The van der Waals surface area contributed by atoms with Crippen molar-refractivity contribution in [3.63, 3.8) is 0 Å². The fourth-order valence-corrected chi connectivity index (χ4v) is 2.70. The molecule has 2 unspecified atom stereocenters. The fraction of sp³-hybridized carbons (Fsp3) is 0.462. The van der Waals surface area contributed by atoms with Gasteiger partial charge in [-0.3, -0.25) is 4.79 Å². The number of hydrogen-bond donors (Lipinski definition) is 2. The van der Waals surface area contributed by atoms with Crippen LogP contribution in [-0.2, 0) is 16.6 Å². The van der Waals surface area contributed by atoms with Gasteiger partial charge in [-0.25, -0.2) is 0 Å². The molecule has 1 aliphatic carbocycles. The fourth-order valence-electron chi connectivity index (χ4n) is 2.70. The number of carboxylic acids is 1. The Labute approximate surface area is 94.5 Å². The van der Waals surface area contributed by atoms with Crippen LogP contribution in [0.25, 0.3) is 0 Å². The van der Waals surface area contributed by atoms with Gasteiger partial charge < -0.3 is 10.4 Å². The van der Waals surface area contributed by atoms with E-state index in [0.29, 0.717) is 0 Å². The van der Waals surface area contributed by atoms with E-state index in [1.807, 2.05) is 0 Å². The number of carboxylic acid groups (broad SMARTS) is 1. The topological polar surface area (TPSA) is 49.3 Å². The second kappa shape index (κ2) is 3.00. The van der Waals surface area contributed by atoms with Gasteiger partial charge >= 0.3 is 5.97 Å². The van der Waals surface area contributed by atoms with Crippen LogP contribution in [0.4, 0.5) is 5.69 Å². The highest BCUT2D eigenvalue weighted by molar-refractivity contribution is 5.77. The van der Waals surface area contributed by atoms with Gasteiger partial charge in [0.05, 0.1) is 5.92 Å². The number of carbonyl (C=O) groups is 1. The zero-order valence-corrected chi connectivity index (χ0v) is 9.29. The van der Waals surface area contributed by atoms with Gasteiger partial charge in [0.25, 0.3) is 0 Å². The van der Waals surface area contributed by atoms with Crippen molar-refractivity contribution in [1.29, 1.82) is 0 Å². The third kappa shape index (κ3) is 1.24. The molecule has 2 aliphatic rings. The van der Waals surface area contributed by atoms with Crippen molar-refractivity contribution in [2.24, 2.45) is 5.92 Å². The van der Waals surface area contributed by atoms with E-state index in [0.717, 1.165) is 19.4 Å². The normalized spacial score (nSPS) is 30.7. The Hall–Kier alpha value is -1.51. The molecule has 1 heterocycles. The van der Waals surface area contributed by atoms with Gasteiger partial charge in [-0.15, -0.1) is 0 Å². The molecule has 1 aliphatic heterocycles. The first-order valence-electron chi connectivity index (χ1n) is 5.71. The standard InChI is InChI=1S/C13H15NO2/c1-13(7-10(13)12(15)16)9-2-3-11-8(6-9)4-5-14-11/h2-3,6,10,14H,4-5,7H2,1H3,(H,15,16). The van der Waals surface area contributed by atoms with Crippen molar-refractivity contribution in [2.45, 2.75) is 25.2 Å². The van der Waals surface area contributed by atoms with Crippen molar-refractivity contribution in [3.05, 3.63) is 29.3 Å². The van der Waals surface area contributed by atoms with Gasteiger partial charge in [-0.05, 0) is 30.0 Å². The average Bonchev–Trinajstić information content (AvgIpc) is 2.75. The molecule has 0 spiro atoms. The van der Waals surface area contributed by atoms with Crippen LogP contribution in [0.5, 0.6) is 0 Å². The van der Waals surface area contributed by atoms with Crippen LogP contribution in [0, 0.1) is 5.92 Å². The maximum atomic E-state index is 11.0. The summed E-state index contributed by atoms with van der Waals surface area (Å²) in [5, 5.41) is 12.3. The third-order valence-electron chi connectivity index (χ3n) is 4.01. The number of aliphatic carboxylic acids is 1. The lowest BCUT2D eigenvalue weighted by Gasteiger charge is -2.12. The van der Waals surface area contributed by atoms with E-state index in [-0.39, 0.29) is 11.3 Å². The number of anilines is 1. The number of nitrogens with one attached hydrogen (secondary N) is 1. The SMILES string of the molecule is CC1(c2ccc3c(c2)CCN3)CC1C(=O)O. The molecule has 84 valence electrons. The summed E-state index contributed by atoms with van der Waals surface area (Å²) in [6, 6.07) is 6.33. The second-order valence-corrected chi connectivity index (χ2v) is 5.06. The molecule has 1 aromatic carbocycles. The van der Waals surface area contributed by atoms with Crippen LogP contribution in [-0.4, -0.2) is 17.6 Å². The molecule has 16 heavy (non-hydrogen) atoms. The molecule has 1 aromatic rings. The van der Waals surface area contributed by atoms with Crippen LogP contribution in [0.1, 0.15) is 24.5 Å². The molecule has 2 atom stereocenters. The van der Waals surface area contributed by atoms with Crippen LogP contribution in [0.15, 0.2) is 18.2 Å². The lowest BCUT2D eigenvalue weighted by molar-refractivity contribution is -0.138. The van der Waals surface area contributed by atoms with Gasteiger partial charge in [-0.1, -0.05) is 19.1 Å². The summed E-state index contributed by atoms with van der Waals surface area (Å²) in [5.41, 5.74) is 3.58. The summed E-state index contributed by atoms with van der Waals surface area (Å²) < 4.78 is 0. The molecule has 3 nitrogen and oxygen atoms in total. The van der Waals surface area contributed by atoms with E-state index in [4.69, 9.17) is 5.11 Å². The van der Waals surface area contributed by atoms with E-state index in [1.54, 1.807) is 0 Å². The predicted molar refractivity (Wildman–Crippen MR) is 61.7 cm³/mol. The van der Waals surface area contributed by atoms with Gasteiger partial charge in [0.1, 0.15) is 0 Å². The number of benzene rings is 1. The van der Waals surface area contributed by atoms with Gasteiger partial charge in [0.2, 0.25) is 0 Å². The van der Waals surface area contributed by atoms with Crippen LogP contribution >= 0.6 is 0 Å². The maximum absolute atomic E-state index is 11.0. The summed E-state index contributed by atoms with van der Waals surface area (Å²) in [5.74, 6) is -0.860. The van der Waals surface area contributed by atoms with E-state index in [1.165, 1.54) is 16.8 Å². The summed E-state index contributed by atoms with van der Waals surface area (Å²) in [4.78, 5) is 11.0.